The number of hydrogen-bond acceptors (Lipinski definition) is 6. The predicted octanol–water partition coefficient (Wildman–Crippen LogP) is 5.87. The molecule has 30 heavy (non-hydrogen) atoms. The van der Waals surface area contributed by atoms with Gasteiger partial charge in [0.1, 0.15) is 11.5 Å². The van der Waals surface area contributed by atoms with Crippen LogP contribution in [-0.2, 0) is 6.42 Å². The third kappa shape index (κ3) is 6.61. The Bertz CT molecular complexity index is 966. The minimum atomic E-state index is 0.619. The number of alkyl halides is 1. The monoisotopic (exact) mass is 533 g/mol. The van der Waals surface area contributed by atoms with Crippen molar-refractivity contribution in [2.75, 3.05) is 23.4 Å². The van der Waals surface area contributed by atoms with E-state index in [2.05, 4.69) is 33.6 Å². The second kappa shape index (κ2) is 11.8. The summed E-state index contributed by atoms with van der Waals surface area (Å²) in [5, 5.41) is 9.41. The first kappa shape index (κ1) is 22.4. The van der Waals surface area contributed by atoms with Crippen LogP contribution in [0.3, 0.4) is 0 Å². The van der Waals surface area contributed by atoms with Crippen molar-refractivity contribution in [3.63, 3.8) is 0 Å². The molecule has 7 heteroatoms. The number of thiazole rings is 1. The summed E-state index contributed by atoms with van der Waals surface area (Å²) >= 11 is 3.94. The van der Waals surface area contributed by atoms with Gasteiger partial charge in [-0.15, -0.1) is 11.3 Å². The number of aromatic nitrogens is 1. The summed E-state index contributed by atoms with van der Waals surface area (Å²) in [6.07, 6.45) is 3.96. The van der Waals surface area contributed by atoms with Crippen molar-refractivity contribution in [3.8, 4) is 28.8 Å². The molecular formula is C23H24IN3O2S. The molecule has 1 aromatic heterocycles. The van der Waals surface area contributed by atoms with Crippen LogP contribution in [0.25, 0.3) is 11.3 Å². The average molecular weight is 533 g/mol. The van der Waals surface area contributed by atoms with E-state index >= 15 is 0 Å². The molecule has 3 aromatic rings. The summed E-state index contributed by atoms with van der Waals surface area (Å²) in [6.45, 7) is 1.34. The average Bonchev–Trinajstić information content (AvgIpc) is 3.14. The van der Waals surface area contributed by atoms with Crippen molar-refractivity contribution in [1.82, 2.24) is 4.98 Å². The van der Waals surface area contributed by atoms with Gasteiger partial charge in [-0.3, -0.25) is 0 Å². The fourth-order valence-electron chi connectivity index (χ4n) is 2.95. The van der Waals surface area contributed by atoms with Gasteiger partial charge in [-0.1, -0.05) is 22.6 Å². The Morgan fingerprint density at radius 2 is 1.53 bits per heavy atom. The number of rotatable bonds is 11. The molecule has 2 aromatic carbocycles. The normalized spacial score (nSPS) is 10.5. The number of unbranched alkanes of at least 4 members (excludes halogenated alkanes) is 2. The largest absolute Gasteiger partial charge is 0.494 e. The van der Waals surface area contributed by atoms with Crippen molar-refractivity contribution in [2.24, 2.45) is 0 Å². The zero-order valence-corrected chi connectivity index (χ0v) is 19.6. The van der Waals surface area contributed by atoms with Crippen molar-refractivity contribution >= 4 is 39.1 Å². The molecule has 3 rings (SSSR count). The van der Waals surface area contributed by atoms with Gasteiger partial charge in [0.25, 0.3) is 0 Å². The molecule has 0 aliphatic carbocycles. The maximum atomic E-state index is 8.79. The SMILES string of the molecule is N#Cc1ccc(OCCCCCOc2ccc(-c3nc(N)sc3CCI)cc2)cc1. The van der Waals surface area contributed by atoms with Crippen LogP contribution in [0.1, 0.15) is 29.7 Å². The molecule has 0 aliphatic rings. The summed E-state index contributed by atoms with van der Waals surface area (Å²) in [5.41, 5.74) is 8.61. The number of aryl methyl sites for hydroxylation is 1. The molecular weight excluding hydrogens is 509 g/mol. The number of nitrogens with two attached hydrogens (primary N) is 1. The standard InChI is InChI=1S/C23H24IN3O2S/c24-13-12-21-22(27-23(26)30-21)18-6-10-20(11-7-18)29-15-3-1-2-14-28-19-8-4-17(16-25)5-9-19/h4-11H,1-3,12-15H2,(H2,26,27). The number of halogens is 1. The Labute approximate surface area is 195 Å². The highest BCUT2D eigenvalue weighted by molar-refractivity contribution is 14.1. The molecule has 0 saturated carbocycles. The lowest BCUT2D eigenvalue weighted by atomic mass is 10.1. The van der Waals surface area contributed by atoms with Crippen LogP contribution in [0.2, 0.25) is 0 Å². The van der Waals surface area contributed by atoms with Gasteiger partial charge in [-0.2, -0.15) is 5.26 Å². The van der Waals surface area contributed by atoms with Crippen LogP contribution < -0.4 is 15.2 Å². The summed E-state index contributed by atoms with van der Waals surface area (Å²) in [7, 11) is 0. The quantitative estimate of drug-likeness (QED) is 0.190. The first-order valence-corrected chi connectivity index (χ1v) is 12.2. The lowest BCUT2D eigenvalue weighted by Crippen LogP contribution is -2.01. The molecule has 2 N–H and O–H groups in total. The third-order valence-corrected chi connectivity index (χ3v) is 5.96. The van der Waals surface area contributed by atoms with Crippen LogP contribution in [0.5, 0.6) is 11.5 Å². The molecule has 0 spiro atoms. The highest BCUT2D eigenvalue weighted by Crippen LogP contribution is 2.31. The maximum absolute atomic E-state index is 8.79. The highest BCUT2D eigenvalue weighted by atomic mass is 127. The third-order valence-electron chi connectivity index (χ3n) is 4.47. The second-order valence-electron chi connectivity index (χ2n) is 6.68. The van der Waals surface area contributed by atoms with Crippen LogP contribution in [0, 0.1) is 11.3 Å². The van der Waals surface area contributed by atoms with Crippen molar-refractivity contribution in [2.45, 2.75) is 25.7 Å². The number of nitrogen functional groups attached to an aromatic ring is 1. The fourth-order valence-corrected chi connectivity index (χ4v) is 4.71. The van der Waals surface area contributed by atoms with Gasteiger partial charge in [0, 0.05) is 14.9 Å². The lowest BCUT2D eigenvalue weighted by Gasteiger charge is -2.08. The van der Waals surface area contributed by atoms with E-state index in [1.165, 1.54) is 4.88 Å². The van der Waals surface area contributed by atoms with Gasteiger partial charge in [-0.25, -0.2) is 4.98 Å². The van der Waals surface area contributed by atoms with E-state index in [9.17, 15) is 0 Å². The summed E-state index contributed by atoms with van der Waals surface area (Å²) < 4.78 is 12.6. The van der Waals surface area contributed by atoms with Gasteiger partial charge < -0.3 is 15.2 Å². The van der Waals surface area contributed by atoms with Gasteiger partial charge in [0.2, 0.25) is 0 Å². The van der Waals surface area contributed by atoms with Crippen LogP contribution >= 0.6 is 33.9 Å². The summed E-state index contributed by atoms with van der Waals surface area (Å²) in [6, 6.07) is 17.4. The number of hydrogen-bond donors (Lipinski definition) is 1. The predicted molar refractivity (Wildman–Crippen MR) is 131 cm³/mol. The minimum absolute atomic E-state index is 0.619. The van der Waals surface area contributed by atoms with Gasteiger partial charge >= 0.3 is 0 Å². The number of anilines is 1. The molecule has 0 unspecified atom stereocenters. The molecule has 0 atom stereocenters. The zero-order valence-electron chi connectivity index (χ0n) is 16.6. The van der Waals surface area contributed by atoms with Gasteiger partial charge in [0.05, 0.1) is 30.5 Å². The highest BCUT2D eigenvalue weighted by Gasteiger charge is 2.11. The number of ether oxygens (including phenoxy) is 2. The Balaban J connectivity index is 1.36. The van der Waals surface area contributed by atoms with Gasteiger partial charge in [0.15, 0.2) is 5.13 Å². The Hall–Kier alpha value is -2.31. The molecule has 0 aliphatic heterocycles. The summed E-state index contributed by atoms with van der Waals surface area (Å²) in [5.74, 6) is 1.67. The van der Waals surface area contributed by atoms with Crippen molar-refractivity contribution in [3.05, 3.63) is 59.0 Å². The maximum Gasteiger partial charge on any atom is 0.180 e. The molecule has 0 amide bonds. The van der Waals surface area contributed by atoms with E-state index in [1.807, 2.05) is 36.4 Å². The fraction of sp³-hybridized carbons (Fsp3) is 0.304. The lowest BCUT2D eigenvalue weighted by molar-refractivity contribution is 0.279. The first-order valence-electron chi connectivity index (χ1n) is 9.87. The van der Waals surface area contributed by atoms with E-state index in [1.54, 1.807) is 23.5 Å². The Kier molecular flexibility index (Phi) is 8.78. The number of nitriles is 1. The summed E-state index contributed by atoms with van der Waals surface area (Å²) in [4.78, 5) is 5.72. The molecule has 1 heterocycles. The van der Waals surface area contributed by atoms with Gasteiger partial charge in [-0.05, 0) is 74.2 Å². The second-order valence-corrected chi connectivity index (χ2v) is 8.87. The minimum Gasteiger partial charge on any atom is -0.494 e. The molecule has 0 radical (unpaired) electrons. The van der Waals surface area contributed by atoms with Crippen molar-refractivity contribution in [1.29, 1.82) is 5.26 Å². The molecule has 0 saturated heterocycles. The van der Waals surface area contributed by atoms with E-state index in [-0.39, 0.29) is 0 Å². The van der Waals surface area contributed by atoms with Crippen LogP contribution in [0.4, 0.5) is 5.13 Å². The van der Waals surface area contributed by atoms with Crippen LogP contribution in [-0.4, -0.2) is 22.6 Å². The first-order chi connectivity index (χ1) is 14.7. The smallest absolute Gasteiger partial charge is 0.180 e. The van der Waals surface area contributed by atoms with E-state index in [0.29, 0.717) is 23.9 Å². The van der Waals surface area contributed by atoms with E-state index in [4.69, 9.17) is 20.5 Å². The van der Waals surface area contributed by atoms with Crippen molar-refractivity contribution < 1.29 is 9.47 Å². The number of benzene rings is 2. The molecule has 0 bridgehead atoms. The zero-order chi connectivity index (χ0) is 21.2. The topological polar surface area (TPSA) is 81.2 Å². The number of nitrogens with zero attached hydrogens (tertiary/aromatic N) is 2. The van der Waals surface area contributed by atoms with E-state index in [0.717, 1.165) is 52.9 Å². The molecule has 0 fully saturated rings. The van der Waals surface area contributed by atoms with E-state index < -0.39 is 0 Å². The molecule has 5 nitrogen and oxygen atoms in total. The molecule has 156 valence electrons. The Morgan fingerprint density at radius 3 is 2.10 bits per heavy atom. The Morgan fingerprint density at radius 1 is 0.933 bits per heavy atom. The van der Waals surface area contributed by atoms with Crippen LogP contribution in [0.15, 0.2) is 48.5 Å².